The molecule has 2 rings (SSSR count). The second-order valence-corrected chi connectivity index (χ2v) is 5.62. The van der Waals surface area contributed by atoms with Crippen molar-refractivity contribution in [2.45, 2.75) is 31.1 Å². The van der Waals surface area contributed by atoms with Crippen molar-refractivity contribution in [3.05, 3.63) is 24.0 Å². The van der Waals surface area contributed by atoms with Crippen LogP contribution in [0.15, 0.2) is 18.2 Å². The summed E-state index contributed by atoms with van der Waals surface area (Å²) in [6, 6.07) is 4.84. The molecule has 16 heavy (non-hydrogen) atoms. The van der Waals surface area contributed by atoms with Gasteiger partial charge >= 0.3 is 0 Å². The number of anilines is 1. The number of hydrogen-bond donors (Lipinski definition) is 2. The summed E-state index contributed by atoms with van der Waals surface area (Å²) >= 11 is 1.95. The van der Waals surface area contributed by atoms with E-state index < -0.39 is 5.82 Å². The van der Waals surface area contributed by atoms with Crippen LogP contribution in [0.4, 0.5) is 10.1 Å². The minimum absolute atomic E-state index is 0.295. The molecule has 1 aliphatic rings. The van der Waals surface area contributed by atoms with Gasteiger partial charge in [-0.25, -0.2) is 4.39 Å². The summed E-state index contributed by atoms with van der Waals surface area (Å²) in [4.78, 5) is 0. The Morgan fingerprint density at radius 1 is 1.50 bits per heavy atom. The van der Waals surface area contributed by atoms with Gasteiger partial charge in [0.25, 0.3) is 0 Å². The molecule has 2 nitrogen and oxygen atoms in total. The first-order chi connectivity index (χ1) is 7.66. The topological polar surface area (TPSA) is 32.3 Å². The Balaban J connectivity index is 2.05. The Kier molecular flexibility index (Phi) is 3.59. The Hall–Kier alpha value is -0.900. The van der Waals surface area contributed by atoms with Gasteiger partial charge in [0.1, 0.15) is 0 Å². The highest BCUT2D eigenvalue weighted by atomic mass is 32.2. The molecule has 0 aliphatic carbocycles. The van der Waals surface area contributed by atoms with Gasteiger partial charge in [0, 0.05) is 23.0 Å². The van der Waals surface area contributed by atoms with Crippen LogP contribution in [-0.4, -0.2) is 22.2 Å². The lowest BCUT2D eigenvalue weighted by Crippen LogP contribution is -2.32. The van der Waals surface area contributed by atoms with E-state index in [9.17, 15) is 4.39 Å². The molecule has 1 saturated heterocycles. The fourth-order valence-corrected chi connectivity index (χ4v) is 3.07. The number of thioether (sulfide) groups is 1. The van der Waals surface area contributed by atoms with E-state index in [1.807, 2.05) is 11.8 Å². The zero-order valence-corrected chi connectivity index (χ0v) is 10.1. The van der Waals surface area contributed by atoms with Crippen molar-refractivity contribution in [1.29, 1.82) is 0 Å². The van der Waals surface area contributed by atoms with Gasteiger partial charge in [-0.05, 0) is 30.7 Å². The van der Waals surface area contributed by atoms with E-state index in [0.29, 0.717) is 11.3 Å². The molecule has 1 aromatic rings. The number of hydrogen-bond acceptors (Lipinski definition) is 3. The second kappa shape index (κ2) is 4.95. The zero-order chi connectivity index (χ0) is 11.5. The van der Waals surface area contributed by atoms with Crippen molar-refractivity contribution in [1.82, 2.24) is 0 Å². The second-order valence-electron chi connectivity index (χ2n) is 4.14. The average molecular weight is 241 g/mol. The highest BCUT2D eigenvalue weighted by Gasteiger charge is 2.21. The monoisotopic (exact) mass is 241 g/mol. The maximum absolute atomic E-state index is 13.1. The van der Waals surface area contributed by atoms with Crippen molar-refractivity contribution in [2.75, 3.05) is 11.1 Å². The minimum Gasteiger partial charge on any atom is -0.505 e. The van der Waals surface area contributed by atoms with Gasteiger partial charge in [-0.3, -0.25) is 0 Å². The van der Waals surface area contributed by atoms with Crippen LogP contribution in [0.5, 0.6) is 5.75 Å². The fourth-order valence-electron chi connectivity index (χ4n) is 1.92. The van der Waals surface area contributed by atoms with Crippen LogP contribution in [0.1, 0.15) is 19.8 Å². The molecule has 4 heteroatoms. The quantitative estimate of drug-likeness (QED) is 0.780. The predicted octanol–water partition coefficient (Wildman–Crippen LogP) is 3.23. The number of phenolic OH excluding ortho intramolecular Hbond substituents is 1. The Labute approximate surface area is 99.2 Å². The summed E-state index contributed by atoms with van der Waals surface area (Å²) in [5, 5.41) is 13.0. The molecule has 2 atom stereocenters. The molecule has 0 saturated carbocycles. The molecule has 1 aromatic carbocycles. The summed E-state index contributed by atoms with van der Waals surface area (Å²) in [5.74, 6) is 0.348. The van der Waals surface area contributed by atoms with Crippen molar-refractivity contribution >= 4 is 17.4 Å². The summed E-state index contributed by atoms with van der Waals surface area (Å²) in [6.07, 6.45) is 2.32. The molecule has 2 unspecified atom stereocenters. The highest BCUT2D eigenvalue weighted by Crippen LogP contribution is 2.28. The molecule has 0 bridgehead atoms. The fraction of sp³-hybridized carbons (Fsp3) is 0.500. The summed E-state index contributed by atoms with van der Waals surface area (Å²) in [7, 11) is 0. The third-order valence-electron chi connectivity index (χ3n) is 2.91. The lowest BCUT2D eigenvalue weighted by Gasteiger charge is -2.29. The largest absolute Gasteiger partial charge is 0.505 e. The Morgan fingerprint density at radius 2 is 2.31 bits per heavy atom. The Bertz CT molecular complexity index is 372. The van der Waals surface area contributed by atoms with Crippen LogP contribution in [0.3, 0.4) is 0 Å². The maximum atomic E-state index is 13.1. The van der Waals surface area contributed by atoms with Crippen molar-refractivity contribution in [2.24, 2.45) is 0 Å². The zero-order valence-electron chi connectivity index (χ0n) is 9.24. The van der Waals surface area contributed by atoms with Gasteiger partial charge in [-0.2, -0.15) is 11.8 Å². The first-order valence-electron chi connectivity index (χ1n) is 5.53. The molecule has 0 amide bonds. The van der Waals surface area contributed by atoms with Gasteiger partial charge in [0.15, 0.2) is 11.6 Å². The third kappa shape index (κ3) is 2.61. The minimum atomic E-state index is -0.568. The molecule has 0 aromatic heterocycles. The lowest BCUT2D eigenvalue weighted by molar-refractivity contribution is 0.432. The van der Waals surface area contributed by atoms with Crippen LogP contribution in [0.25, 0.3) is 0 Å². The summed E-state index contributed by atoms with van der Waals surface area (Å²) < 4.78 is 13.1. The van der Waals surface area contributed by atoms with Crippen LogP contribution in [0, 0.1) is 5.82 Å². The first-order valence-corrected chi connectivity index (χ1v) is 6.58. The summed E-state index contributed by atoms with van der Waals surface area (Å²) in [5.41, 5.74) is 0.745. The van der Waals surface area contributed by atoms with Crippen LogP contribution in [0.2, 0.25) is 0 Å². The third-order valence-corrected chi connectivity index (χ3v) is 4.29. The highest BCUT2D eigenvalue weighted by molar-refractivity contribution is 8.00. The SMILES string of the molecule is CC1SCCCC1Nc1ccc(O)c(F)c1. The van der Waals surface area contributed by atoms with E-state index in [-0.39, 0.29) is 5.75 Å². The van der Waals surface area contributed by atoms with Crippen molar-refractivity contribution in [3.63, 3.8) is 0 Å². The smallest absolute Gasteiger partial charge is 0.166 e. The average Bonchev–Trinajstić information content (AvgIpc) is 2.27. The van der Waals surface area contributed by atoms with Gasteiger partial charge in [-0.1, -0.05) is 6.92 Å². The van der Waals surface area contributed by atoms with E-state index in [1.165, 1.54) is 24.3 Å². The van der Waals surface area contributed by atoms with Gasteiger partial charge < -0.3 is 10.4 Å². The van der Waals surface area contributed by atoms with Crippen molar-refractivity contribution in [3.8, 4) is 5.75 Å². The van der Waals surface area contributed by atoms with E-state index in [2.05, 4.69) is 12.2 Å². The molecule has 1 fully saturated rings. The van der Waals surface area contributed by atoms with Crippen LogP contribution in [-0.2, 0) is 0 Å². The number of nitrogens with one attached hydrogen (secondary N) is 1. The molecule has 1 heterocycles. The van der Waals surface area contributed by atoms with E-state index in [4.69, 9.17) is 5.11 Å². The number of phenols is 1. The molecular formula is C12H16FNOS. The number of rotatable bonds is 2. The van der Waals surface area contributed by atoms with Crippen LogP contribution < -0.4 is 5.32 Å². The van der Waals surface area contributed by atoms with Gasteiger partial charge in [-0.15, -0.1) is 0 Å². The molecule has 0 radical (unpaired) electrons. The molecular weight excluding hydrogens is 225 g/mol. The van der Waals surface area contributed by atoms with Crippen molar-refractivity contribution < 1.29 is 9.50 Å². The lowest BCUT2D eigenvalue weighted by atomic mass is 10.1. The van der Waals surface area contributed by atoms with Gasteiger partial charge in [0.2, 0.25) is 0 Å². The Morgan fingerprint density at radius 3 is 3.00 bits per heavy atom. The molecule has 1 aliphatic heterocycles. The predicted molar refractivity (Wildman–Crippen MR) is 66.6 cm³/mol. The van der Waals surface area contributed by atoms with Gasteiger partial charge in [0.05, 0.1) is 0 Å². The molecule has 0 spiro atoms. The number of benzene rings is 1. The standard InChI is InChI=1S/C12H16FNOS/c1-8-11(3-2-6-16-8)14-9-4-5-12(15)10(13)7-9/h4-5,7-8,11,14-15H,2-3,6H2,1H3. The van der Waals surface area contributed by atoms with E-state index in [1.54, 1.807) is 6.07 Å². The molecule has 88 valence electrons. The summed E-state index contributed by atoms with van der Waals surface area (Å²) in [6.45, 7) is 2.19. The number of halogens is 1. The molecule has 2 N–H and O–H groups in total. The van der Waals surface area contributed by atoms with E-state index >= 15 is 0 Å². The first kappa shape index (κ1) is 11.6. The normalized spacial score (nSPS) is 25.4. The van der Waals surface area contributed by atoms with Crippen LogP contribution >= 0.6 is 11.8 Å². The van der Waals surface area contributed by atoms with E-state index in [0.717, 1.165) is 12.1 Å². The number of aromatic hydroxyl groups is 1. The maximum Gasteiger partial charge on any atom is 0.166 e.